The van der Waals surface area contributed by atoms with Crippen molar-refractivity contribution in [3.63, 3.8) is 0 Å². The van der Waals surface area contributed by atoms with Gasteiger partial charge in [0.15, 0.2) is 0 Å². The molecule has 16 heavy (non-hydrogen) atoms. The molecule has 5 N–H and O–H groups in total. The second-order valence-corrected chi connectivity index (χ2v) is 4.08. The van der Waals surface area contributed by atoms with Gasteiger partial charge < -0.3 is 21.3 Å². The van der Waals surface area contributed by atoms with E-state index in [1.807, 2.05) is 0 Å². The first-order valence-electron chi connectivity index (χ1n) is 4.77. The van der Waals surface area contributed by atoms with Gasteiger partial charge in [0, 0.05) is 11.6 Å². The van der Waals surface area contributed by atoms with Gasteiger partial charge in [-0.25, -0.2) is 0 Å². The van der Waals surface area contributed by atoms with Crippen molar-refractivity contribution in [2.24, 2.45) is 11.7 Å². The van der Waals surface area contributed by atoms with E-state index in [9.17, 15) is 14.7 Å². The molecule has 0 bridgehead atoms. The van der Waals surface area contributed by atoms with Gasteiger partial charge in [-0.15, -0.1) is 0 Å². The molecule has 0 saturated carbocycles. The maximum absolute atomic E-state index is 11.3. The number of hydrogen-bond acceptors (Lipinski definition) is 4. The first-order chi connectivity index (χ1) is 7.07. The SMILES string of the molecule is C=C(C)C(=O)NC(C)C(C(=O)O)C(C)(N)O. The number of carbonyl (C=O) groups excluding carboxylic acids is 1. The molecule has 0 aromatic carbocycles. The van der Waals surface area contributed by atoms with Crippen LogP contribution in [-0.2, 0) is 9.59 Å². The third-order valence-corrected chi connectivity index (χ3v) is 2.14. The lowest BCUT2D eigenvalue weighted by atomic mass is 9.91. The average molecular weight is 230 g/mol. The van der Waals surface area contributed by atoms with Crippen LogP contribution in [0.1, 0.15) is 20.8 Å². The highest BCUT2D eigenvalue weighted by Crippen LogP contribution is 2.16. The zero-order valence-corrected chi connectivity index (χ0v) is 9.65. The molecule has 0 saturated heterocycles. The van der Waals surface area contributed by atoms with Gasteiger partial charge in [-0.1, -0.05) is 6.58 Å². The Labute approximate surface area is 94.1 Å². The molecule has 0 aromatic heterocycles. The van der Waals surface area contributed by atoms with Crippen molar-refractivity contribution in [1.29, 1.82) is 0 Å². The lowest BCUT2D eigenvalue weighted by molar-refractivity contribution is -0.152. The molecule has 92 valence electrons. The Kier molecular flexibility index (Phi) is 4.64. The number of rotatable bonds is 5. The molecular formula is C10H18N2O4. The van der Waals surface area contributed by atoms with E-state index >= 15 is 0 Å². The Morgan fingerprint density at radius 2 is 1.94 bits per heavy atom. The number of carboxylic acids is 1. The topological polar surface area (TPSA) is 113 Å². The molecule has 0 aliphatic carbocycles. The highest BCUT2D eigenvalue weighted by Gasteiger charge is 2.39. The zero-order valence-electron chi connectivity index (χ0n) is 9.65. The number of aliphatic hydroxyl groups is 1. The first-order valence-corrected chi connectivity index (χ1v) is 4.77. The number of amides is 1. The first kappa shape index (κ1) is 14.6. The fourth-order valence-corrected chi connectivity index (χ4v) is 1.38. The van der Waals surface area contributed by atoms with E-state index in [4.69, 9.17) is 10.8 Å². The van der Waals surface area contributed by atoms with Gasteiger partial charge in [0.25, 0.3) is 0 Å². The lowest BCUT2D eigenvalue weighted by Crippen LogP contribution is -2.56. The maximum Gasteiger partial charge on any atom is 0.312 e. The highest BCUT2D eigenvalue weighted by atomic mass is 16.4. The molecule has 0 fully saturated rings. The molecule has 0 aliphatic heterocycles. The summed E-state index contributed by atoms with van der Waals surface area (Å²) in [6, 6.07) is -0.804. The van der Waals surface area contributed by atoms with Gasteiger partial charge in [0.2, 0.25) is 5.91 Å². The van der Waals surface area contributed by atoms with Gasteiger partial charge in [-0.3, -0.25) is 9.59 Å². The smallest absolute Gasteiger partial charge is 0.312 e. The molecule has 0 spiro atoms. The summed E-state index contributed by atoms with van der Waals surface area (Å²) < 4.78 is 0. The van der Waals surface area contributed by atoms with Gasteiger partial charge in [-0.2, -0.15) is 0 Å². The number of hydrogen-bond donors (Lipinski definition) is 4. The van der Waals surface area contributed by atoms with E-state index in [-0.39, 0.29) is 5.57 Å². The average Bonchev–Trinajstić information content (AvgIpc) is 1.99. The zero-order chi connectivity index (χ0) is 13.1. The van der Waals surface area contributed by atoms with Crippen LogP contribution in [0.15, 0.2) is 12.2 Å². The van der Waals surface area contributed by atoms with Crippen molar-refractivity contribution < 1.29 is 19.8 Å². The van der Waals surface area contributed by atoms with Crippen LogP contribution in [0, 0.1) is 5.92 Å². The molecule has 6 heteroatoms. The van der Waals surface area contributed by atoms with Gasteiger partial charge >= 0.3 is 5.97 Å². The molecule has 0 aliphatic rings. The second-order valence-electron chi connectivity index (χ2n) is 4.08. The summed E-state index contributed by atoms with van der Waals surface area (Å²) in [7, 11) is 0. The molecule has 3 atom stereocenters. The van der Waals surface area contributed by atoms with E-state index in [1.54, 1.807) is 0 Å². The summed E-state index contributed by atoms with van der Waals surface area (Å²) in [5, 5.41) is 20.8. The predicted octanol–water partition coefficient (Wildman–Crippen LogP) is -0.565. The Hall–Kier alpha value is -1.40. The van der Waals surface area contributed by atoms with Crippen LogP contribution in [-0.4, -0.2) is 33.9 Å². The van der Waals surface area contributed by atoms with E-state index in [0.717, 1.165) is 0 Å². The van der Waals surface area contributed by atoms with Gasteiger partial charge in [-0.05, 0) is 20.8 Å². The van der Waals surface area contributed by atoms with Crippen LogP contribution in [0.3, 0.4) is 0 Å². The number of carboxylic acid groups (broad SMARTS) is 1. The minimum Gasteiger partial charge on any atom is -0.481 e. The Balaban J connectivity index is 4.78. The van der Waals surface area contributed by atoms with Crippen LogP contribution in [0.4, 0.5) is 0 Å². The summed E-state index contributed by atoms with van der Waals surface area (Å²) in [5.74, 6) is -3.04. The monoisotopic (exact) mass is 230 g/mol. The standard InChI is InChI=1S/C10H18N2O4/c1-5(2)8(13)12-6(3)7(9(14)15)10(4,11)16/h6-7,16H,1,11H2,2-4H3,(H,12,13)(H,14,15). The number of nitrogens with one attached hydrogen (secondary N) is 1. The van der Waals surface area contributed by atoms with Gasteiger partial charge in [0.05, 0.1) is 0 Å². The van der Waals surface area contributed by atoms with Crippen LogP contribution in [0.25, 0.3) is 0 Å². The third kappa shape index (κ3) is 4.00. The second kappa shape index (κ2) is 5.09. The van der Waals surface area contributed by atoms with Crippen LogP contribution >= 0.6 is 0 Å². The van der Waals surface area contributed by atoms with E-state index in [1.165, 1.54) is 20.8 Å². The fourth-order valence-electron chi connectivity index (χ4n) is 1.38. The molecule has 0 rings (SSSR count). The third-order valence-electron chi connectivity index (χ3n) is 2.14. The minimum absolute atomic E-state index is 0.257. The van der Waals surface area contributed by atoms with E-state index < -0.39 is 29.6 Å². The van der Waals surface area contributed by atoms with Gasteiger partial charge in [0.1, 0.15) is 11.6 Å². The molecule has 1 amide bonds. The number of carbonyl (C=O) groups is 2. The molecule has 3 unspecified atom stereocenters. The van der Waals surface area contributed by atoms with Crippen LogP contribution < -0.4 is 11.1 Å². The number of aliphatic carboxylic acids is 1. The van der Waals surface area contributed by atoms with Crippen molar-refractivity contribution in [3.05, 3.63) is 12.2 Å². The predicted molar refractivity (Wildman–Crippen MR) is 58.4 cm³/mol. The molecular weight excluding hydrogens is 212 g/mol. The molecule has 6 nitrogen and oxygen atoms in total. The summed E-state index contributed by atoms with van der Waals surface area (Å²) in [5.41, 5.74) is 3.68. The highest BCUT2D eigenvalue weighted by molar-refractivity contribution is 5.92. The van der Waals surface area contributed by atoms with E-state index in [2.05, 4.69) is 11.9 Å². The summed E-state index contributed by atoms with van der Waals surface area (Å²) >= 11 is 0. The van der Waals surface area contributed by atoms with Crippen molar-refractivity contribution in [3.8, 4) is 0 Å². The summed E-state index contributed by atoms with van der Waals surface area (Å²) in [6.07, 6.45) is 0. The van der Waals surface area contributed by atoms with Crippen molar-refractivity contribution in [2.75, 3.05) is 0 Å². The Morgan fingerprint density at radius 1 is 1.50 bits per heavy atom. The van der Waals surface area contributed by atoms with E-state index in [0.29, 0.717) is 0 Å². The lowest BCUT2D eigenvalue weighted by Gasteiger charge is -2.30. The molecule has 0 radical (unpaired) electrons. The Morgan fingerprint density at radius 3 is 2.19 bits per heavy atom. The normalized spacial score (nSPS) is 18.1. The quantitative estimate of drug-likeness (QED) is 0.373. The van der Waals surface area contributed by atoms with Crippen LogP contribution in [0.2, 0.25) is 0 Å². The van der Waals surface area contributed by atoms with Crippen molar-refractivity contribution in [2.45, 2.75) is 32.5 Å². The summed E-state index contributed by atoms with van der Waals surface area (Å²) in [6.45, 7) is 7.55. The minimum atomic E-state index is -1.91. The largest absolute Gasteiger partial charge is 0.481 e. The fraction of sp³-hybridized carbons (Fsp3) is 0.600. The number of nitrogens with two attached hydrogens (primary N) is 1. The van der Waals surface area contributed by atoms with Crippen molar-refractivity contribution >= 4 is 11.9 Å². The maximum atomic E-state index is 11.3. The molecule has 0 heterocycles. The van der Waals surface area contributed by atoms with Crippen LogP contribution in [0.5, 0.6) is 0 Å². The Bertz CT molecular complexity index is 306. The summed E-state index contributed by atoms with van der Waals surface area (Å²) in [4.78, 5) is 22.2. The van der Waals surface area contributed by atoms with Crippen molar-refractivity contribution in [1.82, 2.24) is 5.32 Å². The molecule has 0 aromatic rings.